The SMILES string of the molecule is C[C@H](OC(=O)c1ccc(F)cc1N)C(=O)Nc1ccc(S(N)(=O)=O)cc1. The molecule has 0 aliphatic carbocycles. The van der Waals surface area contributed by atoms with E-state index in [2.05, 4.69) is 5.32 Å². The van der Waals surface area contributed by atoms with Crippen LogP contribution in [0.5, 0.6) is 0 Å². The highest BCUT2D eigenvalue weighted by molar-refractivity contribution is 7.89. The molecule has 0 aliphatic heterocycles. The Bertz CT molecular complexity index is 945. The minimum atomic E-state index is -3.84. The summed E-state index contributed by atoms with van der Waals surface area (Å²) in [5.74, 6) is -2.13. The van der Waals surface area contributed by atoms with Crippen LogP contribution in [-0.2, 0) is 19.6 Å². The molecule has 138 valence electrons. The number of benzene rings is 2. The number of hydrogen-bond acceptors (Lipinski definition) is 6. The largest absolute Gasteiger partial charge is 0.449 e. The van der Waals surface area contributed by atoms with Crippen LogP contribution >= 0.6 is 0 Å². The van der Waals surface area contributed by atoms with Crippen LogP contribution in [0.1, 0.15) is 17.3 Å². The number of anilines is 2. The van der Waals surface area contributed by atoms with Crippen molar-refractivity contribution in [2.45, 2.75) is 17.9 Å². The van der Waals surface area contributed by atoms with Gasteiger partial charge in [-0.2, -0.15) is 0 Å². The Morgan fingerprint density at radius 2 is 1.77 bits per heavy atom. The van der Waals surface area contributed by atoms with Crippen LogP contribution in [0.2, 0.25) is 0 Å². The highest BCUT2D eigenvalue weighted by atomic mass is 32.2. The molecule has 0 aliphatic rings. The molecule has 8 nitrogen and oxygen atoms in total. The Labute approximate surface area is 149 Å². The molecule has 2 rings (SSSR count). The molecular formula is C16H16FN3O5S. The van der Waals surface area contributed by atoms with Gasteiger partial charge in [-0.05, 0) is 49.4 Å². The van der Waals surface area contributed by atoms with Crippen molar-refractivity contribution in [2.24, 2.45) is 5.14 Å². The van der Waals surface area contributed by atoms with Crippen LogP contribution in [0, 0.1) is 5.82 Å². The van der Waals surface area contributed by atoms with Crippen LogP contribution in [0.3, 0.4) is 0 Å². The summed E-state index contributed by atoms with van der Waals surface area (Å²) in [5.41, 5.74) is 5.65. The van der Waals surface area contributed by atoms with E-state index in [4.69, 9.17) is 15.6 Å². The molecular weight excluding hydrogens is 365 g/mol. The third kappa shape index (κ3) is 4.77. The average Bonchev–Trinajstić information content (AvgIpc) is 2.54. The van der Waals surface area contributed by atoms with E-state index in [9.17, 15) is 22.4 Å². The summed E-state index contributed by atoms with van der Waals surface area (Å²) < 4.78 is 40.4. The average molecular weight is 381 g/mol. The number of nitrogens with one attached hydrogen (secondary N) is 1. The van der Waals surface area contributed by atoms with Crippen LogP contribution < -0.4 is 16.2 Å². The number of nitrogen functional groups attached to an aromatic ring is 1. The van der Waals surface area contributed by atoms with Gasteiger partial charge in [-0.3, -0.25) is 4.79 Å². The fourth-order valence-electron chi connectivity index (χ4n) is 1.97. The fraction of sp³-hybridized carbons (Fsp3) is 0.125. The second kappa shape index (κ2) is 7.50. The first-order chi connectivity index (χ1) is 12.1. The summed E-state index contributed by atoms with van der Waals surface area (Å²) in [6.45, 7) is 1.34. The Hall–Kier alpha value is -2.98. The molecule has 5 N–H and O–H groups in total. The molecule has 0 heterocycles. The number of primary sulfonamides is 1. The molecule has 2 aromatic carbocycles. The van der Waals surface area contributed by atoms with E-state index in [0.29, 0.717) is 0 Å². The maximum Gasteiger partial charge on any atom is 0.341 e. The molecule has 0 saturated heterocycles. The van der Waals surface area contributed by atoms with Crippen molar-refractivity contribution < 1.29 is 27.1 Å². The Morgan fingerprint density at radius 3 is 2.31 bits per heavy atom. The lowest BCUT2D eigenvalue weighted by molar-refractivity contribution is -0.123. The zero-order valence-electron chi connectivity index (χ0n) is 13.6. The van der Waals surface area contributed by atoms with Gasteiger partial charge in [0.1, 0.15) is 5.82 Å². The molecule has 0 unspecified atom stereocenters. The van der Waals surface area contributed by atoms with Crippen molar-refractivity contribution in [1.29, 1.82) is 0 Å². The highest BCUT2D eigenvalue weighted by Gasteiger charge is 2.21. The first-order valence-electron chi connectivity index (χ1n) is 7.27. The van der Waals surface area contributed by atoms with E-state index >= 15 is 0 Å². The van der Waals surface area contributed by atoms with E-state index in [1.807, 2.05) is 0 Å². The standard InChI is InChI=1S/C16H16FN3O5S/c1-9(25-16(22)13-7-2-10(17)8-14(13)18)15(21)20-11-3-5-12(6-4-11)26(19,23)24/h2-9H,18H2,1H3,(H,20,21)(H2,19,23,24)/t9-/m0/s1. The predicted molar refractivity (Wildman–Crippen MR) is 92.1 cm³/mol. The van der Waals surface area contributed by atoms with Crippen molar-refractivity contribution >= 4 is 33.3 Å². The number of carbonyl (C=O) groups excluding carboxylic acids is 2. The van der Waals surface area contributed by atoms with Crippen LogP contribution in [0.25, 0.3) is 0 Å². The fourth-order valence-corrected chi connectivity index (χ4v) is 2.48. The van der Waals surface area contributed by atoms with E-state index in [-0.39, 0.29) is 21.8 Å². The zero-order chi connectivity index (χ0) is 19.5. The maximum absolute atomic E-state index is 13.0. The molecule has 0 aromatic heterocycles. The van der Waals surface area contributed by atoms with E-state index < -0.39 is 33.8 Å². The predicted octanol–water partition coefficient (Wildman–Crippen LogP) is 1.24. The van der Waals surface area contributed by atoms with Crippen LogP contribution in [-0.4, -0.2) is 26.4 Å². The normalized spacial score (nSPS) is 12.3. The number of rotatable bonds is 5. The quantitative estimate of drug-likeness (QED) is 0.525. The summed E-state index contributed by atoms with van der Waals surface area (Å²) >= 11 is 0. The first kappa shape index (κ1) is 19.3. The van der Waals surface area contributed by atoms with Gasteiger partial charge in [0.2, 0.25) is 10.0 Å². The van der Waals surface area contributed by atoms with Crippen LogP contribution in [0.15, 0.2) is 47.4 Å². The number of halogens is 1. The maximum atomic E-state index is 13.0. The number of hydrogen-bond donors (Lipinski definition) is 3. The van der Waals surface area contributed by atoms with Gasteiger partial charge < -0.3 is 15.8 Å². The van der Waals surface area contributed by atoms with Crippen LogP contribution in [0.4, 0.5) is 15.8 Å². The summed E-state index contributed by atoms with van der Waals surface area (Å²) in [6.07, 6.45) is -1.18. The minimum Gasteiger partial charge on any atom is -0.449 e. The summed E-state index contributed by atoms with van der Waals surface area (Å²) in [7, 11) is -3.84. The van der Waals surface area contributed by atoms with E-state index in [1.165, 1.54) is 31.2 Å². The number of amides is 1. The van der Waals surface area contributed by atoms with Gasteiger partial charge in [-0.15, -0.1) is 0 Å². The van der Waals surface area contributed by atoms with Gasteiger partial charge in [0, 0.05) is 11.4 Å². The molecule has 0 spiro atoms. The van der Waals surface area contributed by atoms with E-state index in [0.717, 1.165) is 18.2 Å². The molecule has 0 radical (unpaired) electrons. The minimum absolute atomic E-state index is 0.0662. The van der Waals surface area contributed by atoms with Gasteiger partial charge in [0.15, 0.2) is 6.10 Å². The number of esters is 1. The van der Waals surface area contributed by atoms with Crippen molar-refractivity contribution in [2.75, 3.05) is 11.1 Å². The lowest BCUT2D eigenvalue weighted by atomic mass is 10.2. The molecule has 2 aromatic rings. The second-order valence-electron chi connectivity index (χ2n) is 5.34. The molecule has 26 heavy (non-hydrogen) atoms. The molecule has 0 bridgehead atoms. The monoisotopic (exact) mass is 381 g/mol. The number of nitrogens with two attached hydrogens (primary N) is 2. The number of ether oxygens (including phenoxy) is 1. The molecule has 10 heteroatoms. The van der Waals surface area contributed by atoms with Crippen molar-refractivity contribution in [3.05, 3.63) is 53.8 Å². The van der Waals surface area contributed by atoms with Gasteiger partial charge in [0.05, 0.1) is 10.5 Å². The number of carbonyl (C=O) groups is 2. The Balaban J connectivity index is 2.02. The second-order valence-corrected chi connectivity index (χ2v) is 6.90. The lowest BCUT2D eigenvalue weighted by Crippen LogP contribution is -2.30. The zero-order valence-corrected chi connectivity index (χ0v) is 14.4. The molecule has 1 amide bonds. The van der Waals surface area contributed by atoms with Crippen molar-refractivity contribution in [3.8, 4) is 0 Å². The van der Waals surface area contributed by atoms with Crippen molar-refractivity contribution in [1.82, 2.24) is 0 Å². The molecule has 0 fully saturated rings. The van der Waals surface area contributed by atoms with Gasteiger partial charge in [0.25, 0.3) is 5.91 Å². The topological polar surface area (TPSA) is 142 Å². The van der Waals surface area contributed by atoms with E-state index in [1.54, 1.807) is 0 Å². The van der Waals surface area contributed by atoms with Gasteiger partial charge in [-0.25, -0.2) is 22.7 Å². The summed E-state index contributed by atoms with van der Waals surface area (Å²) in [6, 6.07) is 8.29. The first-order valence-corrected chi connectivity index (χ1v) is 8.82. The summed E-state index contributed by atoms with van der Waals surface area (Å²) in [4.78, 5) is 24.0. The smallest absolute Gasteiger partial charge is 0.341 e. The van der Waals surface area contributed by atoms with Gasteiger partial charge >= 0.3 is 5.97 Å². The lowest BCUT2D eigenvalue weighted by Gasteiger charge is -2.14. The number of sulfonamides is 1. The Kier molecular flexibility index (Phi) is 5.58. The third-order valence-corrected chi connectivity index (χ3v) is 4.27. The molecule has 0 saturated carbocycles. The third-order valence-electron chi connectivity index (χ3n) is 3.34. The highest BCUT2D eigenvalue weighted by Crippen LogP contribution is 2.16. The Morgan fingerprint density at radius 1 is 1.15 bits per heavy atom. The van der Waals surface area contributed by atoms with Crippen molar-refractivity contribution in [3.63, 3.8) is 0 Å². The molecule has 1 atom stereocenters. The summed E-state index contributed by atoms with van der Waals surface area (Å²) in [5, 5.41) is 7.44. The van der Waals surface area contributed by atoms with Gasteiger partial charge in [-0.1, -0.05) is 0 Å².